The van der Waals surface area contributed by atoms with Crippen LogP contribution in [0.3, 0.4) is 0 Å². The van der Waals surface area contributed by atoms with Gasteiger partial charge in [-0.1, -0.05) is 26.0 Å². The maximum Gasteiger partial charge on any atom is 0.285 e. The van der Waals surface area contributed by atoms with Gasteiger partial charge in [-0.15, -0.1) is 16.8 Å². The highest BCUT2D eigenvalue weighted by Crippen LogP contribution is 2.26. The summed E-state index contributed by atoms with van der Waals surface area (Å²) < 4.78 is 28.0. The van der Waals surface area contributed by atoms with Crippen LogP contribution in [0.2, 0.25) is 0 Å². The first-order valence-corrected chi connectivity index (χ1v) is 9.11. The van der Waals surface area contributed by atoms with Crippen LogP contribution in [0.4, 0.5) is 0 Å². The summed E-state index contributed by atoms with van der Waals surface area (Å²) in [7, 11) is -0.304. The third-order valence-corrected chi connectivity index (χ3v) is 5.32. The van der Waals surface area contributed by atoms with E-state index in [0.29, 0.717) is 24.5 Å². The van der Waals surface area contributed by atoms with E-state index in [1.807, 2.05) is 13.8 Å². The number of hydrogen-bond donors (Lipinski definition) is 1. The first-order chi connectivity index (χ1) is 11.1. The highest BCUT2D eigenvalue weighted by molar-refractivity contribution is 7.90. The SMILES string of the molecule is CN(CC(C)(C)CN)C(=O)CN(C)C1=NS(=O)(=O)c2ccccc21.Cl. The molecule has 2 rings (SSSR count). The fourth-order valence-electron chi connectivity index (χ4n) is 2.56. The van der Waals surface area contributed by atoms with E-state index in [4.69, 9.17) is 5.73 Å². The monoisotopic (exact) mass is 388 g/mol. The summed E-state index contributed by atoms with van der Waals surface area (Å²) in [5.74, 6) is 0.175. The molecule has 1 amide bonds. The molecule has 25 heavy (non-hydrogen) atoms. The Morgan fingerprint density at radius 1 is 1.24 bits per heavy atom. The van der Waals surface area contributed by atoms with Crippen LogP contribution < -0.4 is 5.73 Å². The van der Waals surface area contributed by atoms with E-state index < -0.39 is 10.0 Å². The van der Waals surface area contributed by atoms with Crippen LogP contribution in [-0.4, -0.2) is 63.7 Å². The average molecular weight is 389 g/mol. The average Bonchev–Trinajstić information content (AvgIpc) is 2.79. The van der Waals surface area contributed by atoms with Gasteiger partial charge >= 0.3 is 0 Å². The zero-order chi connectivity index (χ0) is 18.1. The van der Waals surface area contributed by atoms with E-state index in [2.05, 4.69) is 4.40 Å². The first kappa shape index (κ1) is 21.4. The summed E-state index contributed by atoms with van der Waals surface area (Å²) in [5.41, 5.74) is 6.05. The van der Waals surface area contributed by atoms with Crippen molar-refractivity contribution in [2.75, 3.05) is 33.7 Å². The molecule has 1 heterocycles. The van der Waals surface area contributed by atoms with Crippen LogP contribution in [0.25, 0.3) is 0 Å². The van der Waals surface area contributed by atoms with Crippen molar-refractivity contribution in [1.82, 2.24) is 9.80 Å². The van der Waals surface area contributed by atoms with Crippen molar-refractivity contribution in [3.05, 3.63) is 29.8 Å². The van der Waals surface area contributed by atoms with Crippen LogP contribution in [0, 0.1) is 5.41 Å². The predicted molar refractivity (Wildman–Crippen MR) is 101 cm³/mol. The molecule has 0 saturated heterocycles. The van der Waals surface area contributed by atoms with Crippen LogP contribution in [0.15, 0.2) is 33.6 Å². The van der Waals surface area contributed by atoms with Gasteiger partial charge in [0.2, 0.25) is 5.91 Å². The fourth-order valence-corrected chi connectivity index (χ4v) is 3.81. The zero-order valence-corrected chi connectivity index (χ0v) is 16.5. The number of rotatable bonds is 5. The van der Waals surface area contributed by atoms with Gasteiger partial charge in [0.05, 0.1) is 6.54 Å². The Kier molecular flexibility index (Phi) is 6.61. The second-order valence-electron chi connectivity index (χ2n) is 6.86. The molecular weight excluding hydrogens is 364 g/mol. The fraction of sp³-hybridized carbons (Fsp3) is 0.500. The van der Waals surface area contributed by atoms with Gasteiger partial charge < -0.3 is 15.5 Å². The Morgan fingerprint density at radius 3 is 2.44 bits per heavy atom. The van der Waals surface area contributed by atoms with Crippen LogP contribution in [0.1, 0.15) is 19.4 Å². The van der Waals surface area contributed by atoms with E-state index in [9.17, 15) is 13.2 Å². The molecule has 0 spiro atoms. The number of amides is 1. The Hall–Kier alpha value is -1.64. The summed E-state index contributed by atoms with van der Waals surface area (Å²) >= 11 is 0. The second kappa shape index (κ2) is 7.72. The van der Waals surface area contributed by atoms with Crippen molar-refractivity contribution < 1.29 is 13.2 Å². The number of hydrogen-bond acceptors (Lipinski definition) is 5. The third-order valence-electron chi connectivity index (χ3n) is 3.99. The van der Waals surface area contributed by atoms with Crippen molar-refractivity contribution in [1.29, 1.82) is 0 Å². The molecule has 0 unspecified atom stereocenters. The van der Waals surface area contributed by atoms with Crippen molar-refractivity contribution in [2.45, 2.75) is 18.7 Å². The van der Waals surface area contributed by atoms with E-state index >= 15 is 0 Å². The van der Waals surface area contributed by atoms with Gasteiger partial charge in [-0.3, -0.25) is 4.79 Å². The summed E-state index contributed by atoms with van der Waals surface area (Å²) in [6.07, 6.45) is 0. The number of benzene rings is 1. The Labute approximate surface area is 155 Å². The van der Waals surface area contributed by atoms with Crippen LogP contribution in [0.5, 0.6) is 0 Å². The smallest absolute Gasteiger partial charge is 0.285 e. The lowest BCUT2D eigenvalue weighted by Crippen LogP contribution is -2.44. The molecule has 0 aromatic heterocycles. The van der Waals surface area contributed by atoms with Crippen molar-refractivity contribution in [3.63, 3.8) is 0 Å². The number of fused-ring (bicyclic) bond motifs is 1. The van der Waals surface area contributed by atoms with E-state index in [1.165, 1.54) is 6.07 Å². The van der Waals surface area contributed by atoms with E-state index in [-0.39, 0.29) is 35.2 Å². The lowest BCUT2D eigenvalue weighted by molar-refractivity contribution is -0.131. The molecule has 9 heteroatoms. The number of nitrogens with zero attached hydrogens (tertiary/aromatic N) is 3. The number of carbonyl (C=O) groups excluding carboxylic acids is 1. The number of nitrogens with two attached hydrogens (primary N) is 1. The molecule has 1 aromatic rings. The molecule has 0 saturated carbocycles. The summed E-state index contributed by atoms with van der Waals surface area (Å²) in [6, 6.07) is 6.62. The standard InChI is InChI=1S/C16H24N4O3S.ClH/c1-16(2,10-17)11-20(4)14(21)9-19(3)15-12-7-5-6-8-13(12)24(22,23)18-15;/h5-8H,9-11,17H2,1-4H3;1H. The minimum atomic E-state index is -3.68. The summed E-state index contributed by atoms with van der Waals surface area (Å²) in [4.78, 5) is 15.8. The Morgan fingerprint density at radius 2 is 1.84 bits per heavy atom. The normalized spacial score (nSPS) is 15.0. The minimum Gasteiger partial charge on any atom is -0.349 e. The van der Waals surface area contributed by atoms with E-state index in [0.717, 1.165) is 0 Å². The van der Waals surface area contributed by atoms with Crippen molar-refractivity contribution in [3.8, 4) is 0 Å². The lowest BCUT2D eigenvalue weighted by Gasteiger charge is -2.30. The molecule has 2 N–H and O–H groups in total. The predicted octanol–water partition coefficient (Wildman–Crippen LogP) is 0.932. The number of amidine groups is 1. The maximum atomic E-state index is 12.4. The topological polar surface area (TPSA) is 96.1 Å². The quantitative estimate of drug-likeness (QED) is 0.809. The zero-order valence-electron chi connectivity index (χ0n) is 14.9. The molecule has 0 radical (unpaired) electrons. The molecule has 1 aromatic carbocycles. The molecule has 7 nitrogen and oxygen atoms in total. The van der Waals surface area contributed by atoms with Gasteiger partial charge in [-0.25, -0.2) is 0 Å². The number of sulfonamides is 1. The van der Waals surface area contributed by atoms with Gasteiger partial charge in [0.1, 0.15) is 4.90 Å². The number of halogens is 1. The van der Waals surface area contributed by atoms with Gasteiger partial charge in [-0.2, -0.15) is 8.42 Å². The van der Waals surface area contributed by atoms with Gasteiger partial charge in [-0.05, 0) is 24.1 Å². The first-order valence-electron chi connectivity index (χ1n) is 7.67. The van der Waals surface area contributed by atoms with Crippen molar-refractivity contribution in [2.24, 2.45) is 15.5 Å². The summed E-state index contributed by atoms with van der Waals surface area (Å²) in [6.45, 7) is 5.02. The minimum absolute atomic E-state index is 0. The molecule has 1 aliphatic heterocycles. The molecular formula is C16H25ClN4O3S. The summed E-state index contributed by atoms with van der Waals surface area (Å²) in [5, 5.41) is 0. The van der Waals surface area contributed by atoms with Gasteiger partial charge in [0.15, 0.2) is 5.84 Å². The van der Waals surface area contributed by atoms with Crippen LogP contribution in [-0.2, 0) is 14.8 Å². The van der Waals surface area contributed by atoms with Crippen LogP contribution >= 0.6 is 12.4 Å². The van der Waals surface area contributed by atoms with E-state index in [1.54, 1.807) is 42.1 Å². The molecule has 0 aliphatic carbocycles. The molecule has 0 bridgehead atoms. The highest BCUT2D eigenvalue weighted by atomic mass is 35.5. The molecule has 0 fully saturated rings. The Bertz CT molecular complexity index is 777. The maximum absolute atomic E-state index is 12.4. The van der Waals surface area contributed by atoms with Gasteiger partial charge in [0.25, 0.3) is 10.0 Å². The molecule has 140 valence electrons. The number of likely N-dealkylation sites (N-methyl/N-ethyl adjacent to an activating group) is 2. The van der Waals surface area contributed by atoms with Crippen molar-refractivity contribution >= 4 is 34.2 Å². The Balaban J connectivity index is 0.00000312. The molecule has 1 aliphatic rings. The number of carbonyl (C=O) groups is 1. The highest BCUT2D eigenvalue weighted by Gasteiger charge is 2.31. The lowest BCUT2D eigenvalue weighted by atomic mass is 9.93. The van der Waals surface area contributed by atoms with Gasteiger partial charge in [0, 0.05) is 26.2 Å². The largest absolute Gasteiger partial charge is 0.349 e. The second-order valence-corrected chi connectivity index (χ2v) is 8.43. The third kappa shape index (κ3) is 4.71. The molecule has 0 atom stereocenters.